The van der Waals surface area contributed by atoms with E-state index < -0.39 is 0 Å². The smallest absolute Gasteiger partial charge is 0.0352 e. The van der Waals surface area contributed by atoms with Gasteiger partial charge < -0.3 is 0 Å². The van der Waals surface area contributed by atoms with Crippen molar-refractivity contribution >= 4 is 0 Å². The normalized spacial score (nSPS) is 16.8. The van der Waals surface area contributed by atoms with Crippen LogP contribution in [0, 0.1) is 0 Å². The molecule has 0 atom stereocenters. The van der Waals surface area contributed by atoms with Crippen LogP contribution >= 0.6 is 0 Å². The number of hydrogen-bond acceptors (Lipinski definition) is 0. The van der Waals surface area contributed by atoms with Crippen molar-refractivity contribution < 1.29 is 0 Å². The van der Waals surface area contributed by atoms with Crippen molar-refractivity contribution in [3.05, 3.63) is 189 Å². The number of fused-ring (bicyclic) bond motifs is 5. The molecular formula is C42H36. The molecule has 0 fully saturated rings. The summed E-state index contributed by atoms with van der Waals surface area (Å²) in [6.07, 6.45) is 0. The lowest BCUT2D eigenvalue weighted by molar-refractivity contribution is 0.596. The second-order valence-corrected chi connectivity index (χ2v) is 13.3. The highest BCUT2D eigenvalue weighted by Crippen LogP contribution is 2.55. The molecule has 0 bridgehead atoms. The van der Waals surface area contributed by atoms with Gasteiger partial charge in [-0.2, -0.15) is 0 Å². The molecule has 4 aliphatic rings. The summed E-state index contributed by atoms with van der Waals surface area (Å²) in [5.41, 5.74) is 16.9. The molecule has 0 amide bonds. The van der Waals surface area contributed by atoms with E-state index >= 15 is 0 Å². The third-order valence-corrected chi connectivity index (χ3v) is 10.4. The Bertz CT molecular complexity index is 1710. The number of benzene rings is 4. The van der Waals surface area contributed by atoms with Crippen LogP contribution in [0.25, 0.3) is 11.1 Å². The van der Waals surface area contributed by atoms with Crippen molar-refractivity contribution in [1.82, 2.24) is 0 Å². The molecule has 8 rings (SSSR count). The van der Waals surface area contributed by atoms with E-state index in [1.807, 2.05) is 0 Å². The van der Waals surface area contributed by atoms with Gasteiger partial charge in [0.15, 0.2) is 0 Å². The third kappa shape index (κ3) is 3.42. The van der Waals surface area contributed by atoms with Crippen LogP contribution in [0.3, 0.4) is 0 Å². The fourth-order valence-electron chi connectivity index (χ4n) is 8.42. The first-order valence-electron chi connectivity index (χ1n) is 15.3. The van der Waals surface area contributed by atoms with Crippen molar-refractivity contribution in [2.75, 3.05) is 0 Å². The minimum Gasteiger partial charge on any atom is -0.0622 e. The largest absolute Gasteiger partial charge is 0.0622 e. The molecule has 4 aromatic carbocycles. The first kappa shape index (κ1) is 25.3. The van der Waals surface area contributed by atoms with Crippen LogP contribution in [0.2, 0.25) is 0 Å². The maximum absolute atomic E-state index is 2.57. The van der Waals surface area contributed by atoms with Crippen molar-refractivity contribution in [3.8, 4) is 11.1 Å². The van der Waals surface area contributed by atoms with Crippen molar-refractivity contribution in [3.63, 3.8) is 0 Å². The second-order valence-electron chi connectivity index (χ2n) is 13.3. The highest BCUT2D eigenvalue weighted by molar-refractivity contribution is 5.81. The van der Waals surface area contributed by atoms with Gasteiger partial charge >= 0.3 is 0 Å². The standard InChI is InChI=1S/C42H36/c1-41(2)35-22-12-8-18-29(35)39(30-19-9-13-23-36(30)41)33-26-34(28-17-7-5-6-16-27(28)33)40-31-20-10-14-24-37(31)42(3,4)38-25-15-11-21-32(38)40/h5-26,39-40H,1-4H3. The van der Waals surface area contributed by atoms with Crippen LogP contribution in [-0.4, -0.2) is 0 Å². The molecule has 0 saturated heterocycles. The Morgan fingerprint density at radius 1 is 0.333 bits per heavy atom. The molecule has 204 valence electrons. The van der Waals surface area contributed by atoms with Crippen molar-refractivity contribution in [2.24, 2.45) is 0 Å². The predicted molar refractivity (Wildman–Crippen MR) is 175 cm³/mol. The van der Waals surface area contributed by atoms with Crippen LogP contribution in [0.5, 0.6) is 0 Å². The highest BCUT2D eigenvalue weighted by Gasteiger charge is 2.42. The van der Waals surface area contributed by atoms with Crippen LogP contribution in [0.15, 0.2) is 133 Å². The van der Waals surface area contributed by atoms with Crippen molar-refractivity contribution in [1.29, 1.82) is 0 Å². The molecule has 0 nitrogen and oxygen atoms in total. The Labute approximate surface area is 250 Å². The monoisotopic (exact) mass is 540 g/mol. The minimum absolute atomic E-state index is 0.0492. The van der Waals surface area contributed by atoms with E-state index in [0.717, 1.165) is 0 Å². The van der Waals surface area contributed by atoms with E-state index in [-0.39, 0.29) is 22.7 Å². The van der Waals surface area contributed by atoms with Gasteiger partial charge in [0.05, 0.1) is 0 Å². The van der Waals surface area contributed by atoms with Crippen LogP contribution in [-0.2, 0) is 10.8 Å². The van der Waals surface area contributed by atoms with E-state index in [1.54, 1.807) is 0 Å². The summed E-state index contributed by atoms with van der Waals surface area (Å²) in [5, 5.41) is 0. The SMILES string of the molecule is CC1(C)c2ccccc2C(c2cc(C3c4ccccc4C(C)(C)c4ccccc43)c3cccccc2-3)c2ccccc21. The first-order valence-corrected chi connectivity index (χ1v) is 15.3. The second kappa shape index (κ2) is 9.04. The molecule has 0 spiro atoms. The van der Waals surface area contributed by atoms with Gasteiger partial charge in [-0.25, -0.2) is 0 Å². The molecule has 4 aromatic rings. The topological polar surface area (TPSA) is 0 Å². The lowest BCUT2D eigenvalue weighted by Gasteiger charge is -2.40. The summed E-state index contributed by atoms with van der Waals surface area (Å²) in [6.45, 7) is 9.53. The number of hydrogen-bond donors (Lipinski definition) is 0. The van der Waals surface area contributed by atoms with Gasteiger partial charge in [-0.1, -0.05) is 161 Å². The molecule has 0 radical (unpaired) electrons. The average molecular weight is 541 g/mol. The van der Waals surface area contributed by atoms with Gasteiger partial charge in [0, 0.05) is 22.7 Å². The zero-order chi connectivity index (χ0) is 28.6. The molecule has 42 heavy (non-hydrogen) atoms. The molecule has 0 saturated carbocycles. The van der Waals surface area contributed by atoms with E-state index in [2.05, 4.69) is 161 Å². The minimum atomic E-state index is -0.0492. The van der Waals surface area contributed by atoms with E-state index in [9.17, 15) is 0 Å². The lowest BCUT2D eigenvalue weighted by Crippen LogP contribution is -2.30. The Hall–Kier alpha value is -4.42. The van der Waals surface area contributed by atoms with Crippen LogP contribution in [0.1, 0.15) is 95.2 Å². The fraction of sp³-hybridized carbons (Fsp3) is 0.190. The third-order valence-electron chi connectivity index (χ3n) is 10.4. The molecule has 0 unspecified atom stereocenters. The molecule has 0 heteroatoms. The molecule has 0 aromatic heterocycles. The average Bonchev–Trinajstić information content (AvgIpc) is 3.17. The van der Waals surface area contributed by atoms with Gasteiger partial charge in [0.1, 0.15) is 0 Å². The molecular weight excluding hydrogens is 504 g/mol. The van der Waals surface area contributed by atoms with E-state index in [1.165, 1.54) is 66.8 Å². The van der Waals surface area contributed by atoms with Gasteiger partial charge in [-0.05, 0) is 66.8 Å². The van der Waals surface area contributed by atoms with Gasteiger partial charge in [0.25, 0.3) is 0 Å². The Kier molecular flexibility index (Phi) is 5.44. The van der Waals surface area contributed by atoms with Gasteiger partial charge in [-0.3, -0.25) is 0 Å². The summed E-state index contributed by atoms with van der Waals surface area (Å²) in [6, 6.07) is 50.4. The maximum atomic E-state index is 2.57. The Balaban J connectivity index is 1.44. The zero-order valence-corrected chi connectivity index (χ0v) is 24.9. The van der Waals surface area contributed by atoms with Gasteiger partial charge in [-0.15, -0.1) is 0 Å². The van der Waals surface area contributed by atoms with Gasteiger partial charge in [0.2, 0.25) is 0 Å². The van der Waals surface area contributed by atoms with Crippen molar-refractivity contribution in [2.45, 2.75) is 50.4 Å². The Morgan fingerprint density at radius 2 is 0.619 bits per heavy atom. The lowest BCUT2D eigenvalue weighted by atomic mass is 9.63. The predicted octanol–water partition coefficient (Wildman–Crippen LogP) is 10.4. The maximum Gasteiger partial charge on any atom is 0.0352 e. The first-order chi connectivity index (χ1) is 20.4. The molecule has 0 heterocycles. The quantitative estimate of drug-likeness (QED) is 0.205. The Morgan fingerprint density at radius 3 is 0.952 bits per heavy atom. The van der Waals surface area contributed by atoms with Crippen LogP contribution in [0.4, 0.5) is 0 Å². The molecule has 0 aliphatic heterocycles. The van der Waals surface area contributed by atoms with Crippen LogP contribution < -0.4 is 0 Å². The molecule has 4 aliphatic carbocycles. The highest BCUT2D eigenvalue weighted by atomic mass is 14.4. The summed E-state index contributed by atoms with van der Waals surface area (Å²) in [5.74, 6) is 0.351. The summed E-state index contributed by atoms with van der Waals surface area (Å²) in [4.78, 5) is 0. The van der Waals surface area contributed by atoms with E-state index in [0.29, 0.717) is 0 Å². The zero-order valence-electron chi connectivity index (χ0n) is 24.9. The summed E-state index contributed by atoms with van der Waals surface area (Å²) < 4.78 is 0. The molecule has 0 N–H and O–H groups in total. The summed E-state index contributed by atoms with van der Waals surface area (Å²) >= 11 is 0. The number of rotatable bonds is 2. The summed E-state index contributed by atoms with van der Waals surface area (Å²) in [7, 11) is 0. The fourth-order valence-corrected chi connectivity index (χ4v) is 8.42. The van der Waals surface area contributed by atoms with E-state index in [4.69, 9.17) is 0 Å².